The molecule has 2 aromatic carbocycles. The third-order valence-electron chi connectivity index (χ3n) is 5.05. The Labute approximate surface area is 192 Å². The van der Waals surface area contributed by atoms with E-state index in [0.29, 0.717) is 21.4 Å². The van der Waals surface area contributed by atoms with Gasteiger partial charge in [0.2, 0.25) is 0 Å². The monoisotopic (exact) mass is 458 g/mol. The number of anilines is 1. The van der Waals surface area contributed by atoms with Crippen molar-refractivity contribution in [3.8, 4) is 0 Å². The molecule has 0 unspecified atom stereocenters. The molecule has 0 radical (unpaired) electrons. The van der Waals surface area contributed by atoms with E-state index in [2.05, 4.69) is 25.6 Å². The summed E-state index contributed by atoms with van der Waals surface area (Å²) < 4.78 is 3.52. The maximum Gasteiger partial charge on any atom is 0.283 e. The van der Waals surface area contributed by atoms with Gasteiger partial charge in [-0.15, -0.1) is 5.10 Å². The number of nitrogens with one attached hydrogen (secondary N) is 1. The average Bonchev–Trinajstić information content (AvgIpc) is 3.44. The van der Waals surface area contributed by atoms with Crippen LogP contribution in [0.1, 0.15) is 11.7 Å². The number of nitro benzene ring substituents is 1. The van der Waals surface area contributed by atoms with E-state index < -0.39 is 6.17 Å². The topological polar surface area (TPSA) is 117 Å². The van der Waals surface area contributed by atoms with Crippen LogP contribution in [0.5, 0.6) is 0 Å². The highest BCUT2D eigenvalue weighted by Crippen LogP contribution is 2.36. The Hall–Kier alpha value is -4.25. The van der Waals surface area contributed by atoms with E-state index in [4.69, 9.17) is 0 Å². The molecule has 0 aliphatic heterocycles. The van der Waals surface area contributed by atoms with Crippen LogP contribution in [-0.2, 0) is 7.05 Å². The fraction of sp³-hybridized carbons (Fsp3) is 0.0909. The van der Waals surface area contributed by atoms with Gasteiger partial charge in [0.1, 0.15) is 17.5 Å². The number of para-hydroxylation sites is 1. The first-order valence-corrected chi connectivity index (χ1v) is 10.8. The molecule has 0 aliphatic rings. The molecule has 11 heteroatoms. The van der Waals surface area contributed by atoms with Crippen LogP contribution in [0.15, 0.2) is 89.3 Å². The molecule has 10 nitrogen and oxygen atoms in total. The molecule has 0 amide bonds. The number of nitro groups is 1. The van der Waals surface area contributed by atoms with Crippen molar-refractivity contribution < 1.29 is 4.92 Å². The highest BCUT2D eigenvalue weighted by Gasteiger charge is 2.24. The highest BCUT2D eigenvalue weighted by molar-refractivity contribution is 7.99. The number of hydrogen-bond donors (Lipinski definition) is 1. The Kier molecular flexibility index (Phi) is 5.45. The van der Waals surface area contributed by atoms with Gasteiger partial charge in [-0.05, 0) is 42.1 Å². The Balaban J connectivity index is 1.60. The van der Waals surface area contributed by atoms with E-state index >= 15 is 0 Å². The standard InChI is InChI=1S/C22H18N8O2S/c1-28-13-12-24-22(28)33-19-10-9-15(14-18(19)30(31)32)21(25-20-8-4-5-11-23-20)29-17-7-3-2-6-16(17)26-27-29/h2-14,21H,1H3,(H,23,25)/t21-/m0/s1. The van der Waals surface area contributed by atoms with Crippen molar-refractivity contribution in [2.45, 2.75) is 16.2 Å². The molecule has 5 rings (SSSR count). The minimum atomic E-state index is -0.571. The summed E-state index contributed by atoms with van der Waals surface area (Å²) in [5, 5.41) is 24.5. The van der Waals surface area contributed by atoms with Gasteiger partial charge in [0, 0.05) is 37.3 Å². The first kappa shape index (κ1) is 20.6. The van der Waals surface area contributed by atoms with Crippen LogP contribution in [0, 0.1) is 10.1 Å². The molecular weight excluding hydrogens is 440 g/mol. The van der Waals surface area contributed by atoms with Gasteiger partial charge in [0.15, 0.2) is 5.16 Å². The van der Waals surface area contributed by atoms with Gasteiger partial charge in [0.25, 0.3) is 5.69 Å². The smallest absolute Gasteiger partial charge is 0.283 e. The van der Waals surface area contributed by atoms with Crippen LogP contribution in [0.3, 0.4) is 0 Å². The van der Waals surface area contributed by atoms with E-state index in [1.165, 1.54) is 11.8 Å². The van der Waals surface area contributed by atoms with Gasteiger partial charge in [-0.1, -0.05) is 29.5 Å². The summed E-state index contributed by atoms with van der Waals surface area (Å²) in [6.07, 6.45) is 4.56. The predicted octanol–water partition coefficient (Wildman–Crippen LogP) is 4.28. The molecule has 0 spiro atoms. The largest absolute Gasteiger partial charge is 0.345 e. The fourth-order valence-electron chi connectivity index (χ4n) is 3.43. The lowest BCUT2D eigenvalue weighted by Gasteiger charge is -2.21. The Morgan fingerprint density at radius 1 is 1.06 bits per heavy atom. The Bertz CT molecular complexity index is 1430. The van der Waals surface area contributed by atoms with Crippen LogP contribution in [0.4, 0.5) is 11.5 Å². The predicted molar refractivity (Wildman–Crippen MR) is 124 cm³/mol. The van der Waals surface area contributed by atoms with E-state index in [9.17, 15) is 10.1 Å². The van der Waals surface area contributed by atoms with Crippen molar-refractivity contribution in [2.75, 3.05) is 5.32 Å². The molecular formula is C22H18N8O2S. The van der Waals surface area contributed by atoms with E-state index in [0.717, 1.165) is 11.0 Å². The zero-order valence-electron chi connectivity index (χ0n) is 17.4. The maximum absolute atomic E-state index is 12.0. The average molecular weight is 459 g/mol. The Morgan fingerprint density at radius 2 is 1.91 bits per heavy atom. The van der Waals surface area contributed by atoms with Crippen LogP contribution in [0.2, 0.25) is 0 Å². The van der Waals surface area contributed by atoms with Gasteiger partial charge >= 0.3 is 0 Å². The molecule has 1 atom stereocenters. The first-order valence-electron chi connectivity index (χ1n) is 10.0. The summed E-state index contributed by atoms with van der Waals surface area (Å²) >= 11 is 1.24. The van der Waals surface area contributed by atoms with Crippen LogP contribution >= 0.6 is 11.8 Å². The number of pyridine rings is 1. The number of benzene rings is 2. The number of nitrogens with zero attached hydrogens (tertiary/aromatic N) is 7. The molecule has 164 valence electrons. The molecule has 0 bridgehead atoms. The molecule has 0 saturated carbocycles. The fourth-order valence-corrected chi connectivity index (χ4v) is 4.32. The van der Waals surface area contributed by atoms with Crippen molar-refractivity contribution in [2.24, 2.45) is 7.05 Å². The third kappa shape index (κ3) is 4.13. The SMILES string of the molecule is Cn1ccnc1Sc1ccc([C@@H](Nc2ccccn2)n2nnc3ccccc32)cc1[N+](=O)[O-]. The van der Waals surface area contributed by atoms with Gasteiger partial charge in [-0.2, -0.15) is 0 Å². The lowest BCUT2D eigenvalue weighted by molar-refractivity contribution is -0.387. The third-order valence-corrected chi connectivity index (χ3v) is 6.19. The van der Waals surface area contributed by atoms with E-state index in [-0.39, 0.29) is 10.6 Å². The lowest BCUT2D eigenvalue weighted by Crippen LogP contribution is -2.21. The number of imidazole rings is 1. The molecule has 5 aromatic rings. The second-order valence-electron chi connectivity index (χ2n) is 7.19. The molecule has 0 saturated heterocycles. The molecule has 0 fully saturated rings. The van der Waals surface area contributed by atoms with Crippen molar-refractivity contribution in [3.63, 3.8) is 0 Å². The first-order chi connectivity index (χ1) is 16.1. The van der Waals surface area contributed by atoms with Crippen molar-refractivity contribution in [1.29, 1.82) is 0 Å². The minimum absolute atomic E-state index is 0.0160. The minimum Gasteiger partial charge on any atom is -0.345 e. The molecule has 1 N–H and O–H groups in total. The van der Waals surface area contributed by atoms with Gasteiger partial charge in [-0.25, -0.2) is 14.6 Å². The molecule has 33 heavy (non-hydrogen) atoms. The second kappa shape index (κ2) is 8.71. The summed E-state index contributed by atoms with van der Waals surface area (Å²) in [5.41, 5.74) is 2.15. The number of aryl methyl sites for hydroxylation is 1. The molecule has 3 aromatic heterocycles. The van der Waals surface area contributed by atoms with E-state index in [1.807, 2.05) is 60.1 Å². The normalized spacial score (nSPS) is 12.0. The van der Waals surface area contributed by atoms with Crippen molar-refractivity contribution >= 4 is 34.3 Å². The number of hydrogen-bond acceptors (Lipinski definition) is 8. The molecule has 0 aliphatic carbocycles. The van der Waals surface area contributed by atoms with Crippen LogP contribution in [-0.4, -0.2) is 34.5 Å². The number of fused-ring (bicyclic) bond motifs is 1. The van der Waals surface area contributed by atoms with E-state index in [1.54, 1.807) is 35.4 Å². The van der Waals surface area contributed by atoms with Gasteiger partial charge in [0.05, 0.1) is 15.3 Å². The highest BCUT2D eigenvalue weighted by atomic mass is 32.2. The summed E-state index contributed by atoms with van der Waals surface area (Å²) in [6, 6.07) is 18.2. The molecule has 3 heterocycles. The zero-order chi connectivity index (χ0) is 22.8. The number of rotatable bonds is 7. The summed E-state index contributed by atoms with van der Waals surface area (Å²) in [7, 11) is 1.85. The summed E-state index contributed by atoms with van der Waals surface area (Å²) in [6.45, 7) is 0. The quantitative estimate of drug-likeness (QED) is 0.284. The summed E-state index contributed by atoms with van der Waals surface area (Å²) in [5.74, 6) is 0.608. The van der Waals surface area contributed by atoms with Crippen molar-refractivity contribution in [3.05, 3.63) is 94.9 Å². The second-order valence-corrected chi connectivity index (χ2v) is 8.20. The zero-order valence-corrected chi connectivity index (χ0v) is 18.3. The van der Waals surface area contributed by atoms with Crippen molar-refractivity contribution in [1.82, 2.24) is 29.5 Å². The van der Waals surface area contributed by atoms with Gasteiger partial charge in [-0.3, -0.25) is 10.1 Å². The van der Waals surface area contributed by atoms with Crippen LogP contribution in [0.25, 0.3) is 11.0 Å². The Morgan fingerprint density at radius 3 is 2.67 bits per heavy atom. The summed E-state index contributed by atoms with van der Waals surface area (Å²) in [4.78, 5) is 20.7. The lowest BCUT2D eigenvalue weighted by atomic mass is 10.1. The van der Waals surface area contributed by atoms with Crippen LogP contribution < -0.4 is 5.32 Å². The number of aromatic nitrogens is 6. The maximum atomic E-state index is 12.0. The van der Waals surface area contributed by atoms with Gasteiger partial charge < -0.3 is 9.88 Å².